The van der Waals surface area contributed by atoms with E-state index < -0.39 is 0 Å². The van der Waals surface area contributed by atoms with E-state index >= 15 is 0 Å². The van der Waals surface area contributed by atoms with Gasteiger partial charge in [0.05, 0.1) is 0 Å². The molecule has 1 atom stereocenters. The minimum atomic E-state index is -0.322. The Morgan fingerprint density at radius 3 is 2.81 bits per heavy atom. The van der Waals surface area contributed by atoms with Crippen molar-refractivity contribution in [2.75, 3.05) is 11.4 Å². The van der Waals surface area contributed by atoms with Gasteiger partial charge in [-0.25, -0.2) is 4.98 Å². The zero-order valence-corrected chi connectivity index (χ0v) is 13.7. The topological polar surface area (TPSA) is 74.3 Å². The minimum absolute atomic E-state index is 0.0388. The third-order valence-electron chi connectivity index (χ3n) is 3.22. The second kappa shape index (κ2) is 6.11. The van der Waals surface area contributed by atoms with Gasteiger partial charge in [-0.05, 0) is 27.2 Å². The van der Waals surface area contributed by atoms with Crippen LogP contribution in [0.25, 0.3) is 0 Å². The van der Waals surface area contributed by atoms with E-state index in [0.29, 0.717) is 6.42 Å². The van der Waals surface area contributed by atoms with Gasteiger partial charge in [0.15, 0.2) is 5.13 Å². The second-order valence-corrected chi connectivity index (χ2v) is 7.27. The largest absolute Gasteiger partial charge is 0.327 e. The summed E-state index contributed by atoms with van der Waals surface area (Å²) in [7, 11) is 0. The normalized spacial score (nSPS) is 19.8. The first-order valence-corrected chi connectivity index (χ1v) is 7.92. The van der Waals surface area contributed by atoms with Gasteiger partial charge in [0.2, 0.25) is 11.8 Å². The van der Waals surface area contributed by atoms with Gasteiger partial charge in [0.25, 0.3) is 0 Å². The van der Waals surface area contributed by atoms with Crippen molar-refractivity contribution in [3.05, 3.63) is 11.1 Å². The van der Waals surface area contributed by atoms with Crippen LogP contribution in [0, 0.1) is 0 Å². The van der Waals surface area contributed by atoms with Crippen LogP contribution in [0.15, 0.2) is 6.20 Å². The quantitative estimate of drug-likeness (QED) is 0.819. The molecule has 0 spiro atoms. The number of carbonyl (C=O) groups is 2. The highest BCUT2D eigenvalue weighted by atomic mass is 32.1. The number of rotatable bonds is 4. The molecule has 2 N–H and O–H groups in total. The summed E-state index contributed by atoms with van der Waals surface area (Å²) >= 11 is 1.52. The summed E-state index contributed by atoms with van der Waals surface area (Å²) in [5, 5.41) is 6.51. The third kappa shape index (κ3) is 4.01. The van der Waals surface area contributed by atoms with E-state index in [0.717, 1.165) is 16.6 Å². The molecule has 1 fully saturated rings. The van der Waals surface area contributed by atoms with Crippen molar-refractivity contribution in [3.8, 4) is 0 Å². The number of hydrogen-bond acceptors (Lipinski definition) is 6. The molecule has 0 aromatic carbocycles. The average Bonchev–Trinajstić information content (AvgIpc) is 2.83. The molecule has 2 amide bonds. The highest BCUT2D eigenvalue weighted by Gasteiger charge is 2.34. The molecule has 0 radical (unpaired) electrons. The number of nitrogens with one attached hydrogen (secondary N) is 2. The standard InChI is InChI=1S/C14H22N4O2S/c1-5-10-12(20)17-11(19)8-18(10)13-15-6-9(21-13)7-16-14(2,3)4/h6,10,16H,5,7-8H2,1-4H3,(H,17,19,20). The molecule has 0 aliphatic carbocycles. The lowest BCUT2D eigenvalue weighted by Crippen LogP contribution is -2.58. The molecule has 1 aromatic rings. The summed E-state index contributed by atoms with van der Waals surface area (Å²) in [6.45, 7) is 9.17. The van der Waals surface area contributed by atoms with Crippen molar-refractivity contribution in [1.82, 2.24) is 15.6 Å². The number of piperazine rings is 1. The lowest BCUT2D eigenvalue weighted by Gasteiger charge is -2.32. The smallest absolute Gasteiger partial charge is 0.249 e. The lowest BCUT2D eigenvalue weighted by atomic mass is 10.1. The molecule has 2 rings (SSSR count). The van der Waals surface area contributed by atoms with E-state index in [1.165, 1.54) is 11.3 Å². The van der Waals surface area contributed by atoms with Crippen molar-refractivity contribution in [2.24, 2.45) is 0 Å². The molecule has 1 aliphatic rings. The molecule has 1 saturated heterocycles. The predicted octanol–water partition coefficient (Wildman–Crippen LogP) is 1.27. The fourth-order valence-electron chi connectivity index (χ4n) is 2.14. The molecule has 116 valence electrons. The van der Waals surface area contributed by atoms with Crippen LogP contribution in [0.2, 0.25) is 0 Å². The van der Waals surface area contributed by atoms with Gasteiger partial charge in [-0.15, -0.1) is 11.3 Å². The van der Waals surface area contributed by atoms with Crippen LogP contribution in [-0.4, -0.2) is 34.9 Å². The van der Waals surface area contributed by atoms with Crippen molar-refractivity contribution < 1.29 is 9.59 Å². The molecule has 6 nitrogen and oxygen atoms in total. The molecular formula is C14H22N4O2S. The van der Waals surface area contributed by atoms with E-state index in [-0.39, 0.29) is 29.9 Å². The number of nitrogens with zero attached hydrogens (tertiary/aromatic N) is 2. The van der Waals surface area contributed by atoms with Gasteiger partial charge in [0.1, 0.15) is 12.6 Å². The Morgan fingerprint density at radius 2 is 2.19 bits per heavy atom. The number of imide groups is 1. The Balaban J connectivity index is 2.11. The Morgan fingerprint density at radius 1 is 1.48 bits per heavy atom. The third-order valence-corrected chi connectivity index (χ3v) is 4.26. The average molecular weight is 310 g/mol. The maximum Gasteiger partial charge on any atom is 0.249 e. The van der Waals surface area contributed by atoms with E-state index in [1.54, 1.807) is 4.90 Å². The summed E-state index contributed by atoms with van der Waals surface area (Å²) in [5.41, 5.74) is 0.0388. The summed E-state index contributed by atoms with van der Waals surface area (Å²) in [5.74, 6) is -0.507. The van der Waals surface area contributed by atoms with Crippen molar-refractivity contribution in [2.45, 2.75) is 52.2 Å². The minimum Gasteiger partial charge on any atom is -0.327 e. The van der Waals surface area contributed by atoms with Crippen molar-refractivity contribution in [1.29, 1.82) is 0 Å². The first kappa shape index (κ1) is 15.9. The Hall–Kier alpha value is -1.47. The molecule has 7 heteroatoms. The first-order chi connectivity index (χ1) is 9.80. The summed E-state index contributed by atoms with van der Waals surface area (Å²) in [6, 6.07) is -0.322. The van der Waals surface area contributed by atoms with Crippen molar-refractivity contribution >= 4 is 28.3 Å². The van der Waals surface area contributed by atoms with Crippen LogP contribution in [0.4, 0.5) is 5.13 Å². The van der Waals surface area contributed by atoms with Crippen molar-refractivity contribution in [3.63, 3.8) is 0 Å². The van der Waals surface area contributed by atoms with Crippen LogP contribution >= 0.6 is 11.3 Å². The predicted molar refractivity (Wildman–Crippen MR) is 83.3 cm³/mol. The maximum absolute atomic E-state index is 11.9. The zero-order chi connectivity index (χ0) is 15.6. The number of thiazole rings is 1. The van der Waals surface area contributed by atoms with Crippen LogP contribution in [0.5, 0.6) is 0 Å². The van der Waals surface area contributed by atoms with Gasteiger partial charge in [-0.3, -0.25) is 14.9 Å². The van der Waals surface area contributed by atoms with Crippen LogP contribution in [-0.2, 0) is 16.1 Å². The molecule has 0 saturated carbocycles. The highest BCUT2D eigenvalue weighted by molar-refractivity contribution is 7.15. The van der Waals surface area contributed by atoms with E-state index in [9.17, 15) is 9.59 Å². The number of aromatic nitrogens is 1. The van der Waals surface area contributed by atoms with Crippen LogP contribution < -0.4 is 15.5 Å². The maximum atomic E-state index is 11.9. The van der Waals surface area contributed by atoms with E-state index in [1.807, 2.05) is 13.1 Å². The summed E-state index contributed by atoms with van der Waals surface area (Å²) < 4.78 is 0. The number of hydrogen-bond donors (Lipinski definition) is 2. The van der Waals surface area contributed by atoms with Gasteiger partial charge < -0.3 is 10.2 Å². The monoisotopic (exact) mass is 310 g/mol. The highest BCUT2D eigenvalue weighted by Crippen LogP contribution is 2.26. The van der Waals surface area contributed by atoms with Crippen LogP contribution in [0.1, 0.15) is 39.0 Å². The summed E-state index contributed by atoms with van der Waals surface area (Å²) in [6.07, 6.45) is 2.46. The first-order valence-electron chi connectivity index (χ1n) is 7.10. The molecular weight excluding hydrogens is 288 g/mol. The Kier molecular flexibility index (Phi) is 4.63. The van der Waals surface area contributed by atoms with E-state index in [2.05, 4.69) is 36.4 Å². The number of anilines is 1. The fourth-order valence-corrected chi connectivity index (χ4v) is 3.04. The molecule has 2 heterocycles. The number of amides is 2. The van der Waals surface area contributed by atoms with Crippen LogP contribution in [0.3, 0.4) is 0 Å². The van der Waals surface area contributed by atoms with Gasteiger partial charge >= 0.3 is 0 Å². The zero-order valence-electron chi connectivity index (χ0n) is 12.9. The number of carbonyl (C=O) groups excluding carboxylic acids is 2. The van der Waals surface area contributed by atoms with Gasteiger partial charge in [-0.2, -0.15) is 0 Å². The van der Waals surface area contributed by atoms with Gasteiger partial charge in [-0.1, -0.05) is 6.92 Å². The molecule has 0 bridgehead atoms. The SMILES string of the molecule is CCC1C(=O)NC(=O)CN1c1ncc(CNC(C)(C)C)s1. The van der Waals surface area contributed by atoms with Gasteiger partial charge in [0, 0.05) is 23.2 Å². The molecule has 21 heavy (non-hydrogen) atoms. The molecule has 1 aromatic heterocycles. The van der Waals surface area contributed by atoms with E-state index in [4.69, 9.17) is 0 Å². The Labute approximate surface area is 128 Å². The molecule has 1 unspecified atom stereocenters. The second-order valence-electron chi connectivity index (χ2n) is 6.18. The fraction of sp³-hybridized carbons (Fsp3) is 0.643. The lowest BCUT2D eigenvalue weighted by molar-refractivity contribution is -0.132. The summed E-state index contributed by atoms with van der Waals surface area (Å²) in [4.78, 5) is 30.7. The molecule has 1 aliphatic heterocycles. The Bertz CT molecular complexity index is 535.